The summed E-state index contributed by atoms with van der Waals surface area (Å²) in [7, 11) is 0. The lowest BCUT2D eigenvalue weighted by atomic mass is 9.89. The molecule has 0 bridgehead atoms. The first-order valence-electron chi connectivity index (χ1n) is 5.75. The number of hydrogen-bond donors (Lipinski definition) is 2. The second kappa shape index (κ2) is 5.30. The van der Waals surface area contributed by atoms with E-state index in [0.29, 0.717) is 16.7 Å². The van der Waals surface area contributed by atoms with Crippen molar-refractivity contribution in [1.82, 2.24) is 10.3 Å². The van der Waals surface area contributed by atoms with Crippen molar-refractivity contribution < 1.29 is 4.79 Å². The minimum absolute atomic E-state index is 0.0986. The van der Waals surface area contributed by atoms with Gasteiger partial charge in [-0.25, -0.2) is 4.98 Å². The maximum Gasteiger partial charge on any atom is 0.270 e. The highest BCUT2D eigenvalue weighted by atomic mass is 32.1. The third-order valence-electron chi connectivity index (χ3n) is 3.03. The van der Waals surface area contributed by atoms with Crippen LogP contribution in [-0.4, -0.2) is 17.4 Å². The molecule has 1 amide bonds. The van der Waals surface area contributed by atoms with Crippen molar-refractivity contribution in [2.75, 3.05) is 12.3 Å². The van der Waals surface area contributed by atoms with Crippen LogP contribution in [0.2, 0.25) is 0 Å². The molecule has 5 heteroatoms. The summed E-state index contributed by atoms with van der Waals surface area (Å²) in [4.78, 5) is 15.6. The quantitative estimate of drug-likeness (QED) is 0.848. The molecule has 0 atom stereocenters. The number of nitrogens with two attached hydrogens (primary N) is 1. The lowest BCUT2D eigenvalue weighted by Gasteiger charge is -2.21. The van der Waals surface area contributed by atoms with E-state index in [1.807, 2.05) is 0 Å². The number of thiazole rings is 1. The molecule has 1 aromatic heterocycles. The van der Waals surface area contributed by atoms with Crippen LogP contribution in [0, 0.1) is 5.92 Å². The standard InChI is InChI=1S/C11H17N3OS/c12-11-14-9(7-16-11)10(15)13-6-8-4-2-1-3-5-8/h7-8H,1-6H2,(H2,12,14)(H,13,15). The van der Waals surface area contributed by atoms with Gasteiger partial charge in [0, 0.05) is 11.9 Å². The topological polar surface area (TPSA) is 68.0 Å². The molecular weight excluding hydrogens is 222 g/mol. The molecule has 0 saturated heterocycles. The van der Waals surface area contributed by atoms with Gasteiger partial charge in [0.25, 0.3) is 5.91 Å². The molecule has 4 nitrogen and oxygen atoms in total. The van der Waals surface area contributed by atoms with Crippen molar-refractivity contribution in [2.45, 2.75) is 32.1 Å². The number of rotatable bonds is 3. The van der Waals surface area contributed by atoms with Crippen LogP contribution in [0.1, 0.15) is 42.6 Å². The molecule has 88 valence electrons. The number of nitrogen functional groups attached to an aromatic ring is 1. The summed E-state index contributed by atoms with van der Waals surface area (Å²) < 4.78 is 0. The first-order chi connectivity index (χ1) is 7.75. The second-order valence-electron chi connectivity index (χ2n) is 4.29. The third kappa shape index (κ3) is 2.95. The molecule has 0 spiro atoms. The summed E-state index contributed by atoms with van der Waals surface area (Å²) in [6.07, 6.45) is 6.40. The summed E-state index contributed by atoms with van der Waals surface area (Å²) in [6.45, 7) is 0.774. The number of nitrogens with zero attached hydrogens (tertiary/aromatic N) is 1. The molecule has 1 fully saturated rings. The molecule has 1 heterocycles. The van der Waals surface area contributed by atoms with E-state index in [4.69, 9.17) is 5.73 Å². The van der Waals surface area contributed by atoms with Gasteiger partial charge in [-0.1, -0.05) is 19.3 Å². The lowest BCUT2D eigenvalue weighted by molar-refractivity contribution is 0.0939. The summed E-state index contributed by atoms with van der Waals surface area (Å²) in [6, 6.07) is 0. The normalized spacial score (nSPS) is 17.2. The maximum atomic E-state index is 11.7. The fourth-order valence-corrected chi connectivity index (χ4v) is 2.65. The Kier molecular flexibility index (Phi) is 3.77. The van der Waals surface area contributed by atoms with Gasteiger partial charge < -0.3 is 11.1 Å². The monoisotopic (exact) mass is 239 g/mol. The fraction of sp³-hybridized carbons (Fsp3) is 0.636. The molecule has 0 radical (unpaired) electrons. The Morgan fingerprint density at radius 2 is 2.25 bits per heavy atom. The van der Waals surface area contributed by atoms with Crippen LogP contribution in [0.5, 0.6) is 0 Å². The summed E-state index contributed by atoms with van der Waals surface area (Å²) in [5.41, 5.74) is 5.93. The molecular formula is C11H17N3OS. The number of carbonyl (C=O) groups is 1. The third-order valence-corrected chi connectivity index (χ3v) is 3.70. The van der Waals surface area contributed by atoms with Crippen LogP contribution in [0.25, 0.3) is 0 Å². The van der Waals surface area contributed by atoms with Gasteiger partial charge >= 0.3 is 0 Å². The van der Waals surface area contributed by atoms with Crippen LogP contribution >= 0.6 is 11.3 Å². The number of hydrogen-bond acceptors (Lipinski definition) is 4. The number of nitrogens with one attached hydrogen (secondary N) is 1. The van der Waals surface area contributed by atoms with E-state index in [0.717, 1.165) is 6.54 Å². The maximum absolute atomic E-state index is 11.7. The van der Waals surface area contributed by atoms with Crippen LogP contribution in [0.15, 0.2) is 5.38 Å². The van der Waals surface area contributed by atoms with E-state index in [2.05, 4.69) is 10.3 Å². The highest BCUT2D eigenvalue weighted by molar-refractivity contribution is 7.13. The van der Waals surface area contributed by atoms with Gasteiger partial charge in [-0.05, 0) is 18.8 Å². The zero-order chi connectivity index (χ0) is 11.4. The smallest absolute Gasteiger partial charge is 0.270 e. The Morgan fingerprint density at radius 1 is 1.50 bits per heavy atom. The van der Waals surface area contributed by atoms with Crippen molar-refractivity contribution in [2.24, 2.45) is 5.92 Å². The van der Waals surface area contributed by atoms with Crippen molar-refractivity contribution in [3.63, 3.8) is 0 Å². The Balaban J connectivity index is 1.79. The zero-order valence-corrected chi connectivity index (χ0v) is 10.1. The van der Waals surface area contributed by atoms with Gasteiger partial charge in [-0.3, -0.25) is 4.79 Å². The first kappa shape index (κ1) is 11.4. The van der Waals surface area contributed by atoms with Crippen molar-refractivity contribution >= 4 is 22.4 Å². The highest BCUT2D eigenvalue weighted by Gasteiger charge is 2.15. The van der Waals surface area contributed by atoms with Gasteiger partial charge in [0.2, 0.25) is 0 Å². The average molecular weight is 239 g/mol. The van der Waals surface area contributed by atoms with Crippen molar-refractivity contribution in [3.05, 3.63) is 11.1 Å². The van der Waals surface area contributed by atoms with E-state index in [-0.39, 0.29) is 5.91 Å². The Hall–Kier alpha value is -1.10. The van der Waals surface area contributed by atoms with E-state index in [1.54, 1.807) is 5.38 Å². The number of aromatic nitrogens is 1. The van der Waals surface area contributed by atoms with Gasteiger partial charge in [0.1, 0.15) is 5.69 Å². The highest BCUT2D eigenvalue weighted by Crippen LogP contribution is 2.22. The predicted molar refractivity (Wildman–Crippen MR) is 65.4 cm³/mol. The molecule has 1 saturated carbocycles. The van der Waals surface area contributed by atoms with E-state index in [9.17, 15) is 4.79 Å². The number of anilines is 1. The Labute approximate surface area is 99.3 Å². The van der Waals surface area contributed by atoms with E-state index >= 15 is 0 Å². The SMILES string of the molecule is Nc1nc(C(=O)NCC2CCCCC2)cs1. The molecule has 1 aromatic rings. The molecule has 3 N–H and O–H groups in total. The van der Waals surface area contributed by atoms with Gasteiger partial charge in [-0.2, -0.15) is 0 Å². The van der Waals surface area contributed by atoms with E-state index < -0.39 is 0 Å². The molecule has 0 aromatic carbocycles. The minimum atomic E-state index is -0.0986. The van der Waals surface area contributed by atoms with Crippen LogP contribution in [0.4, 0.5) is 5.13 Å². The molecule has 16 heavy (non-hydrogen) atoms. The molecule has 2 rings (SSSR count). The molecule has 1 aliphatic rings. The van der Waals surface area contributed by atoms with Crippen molar-refractivity contribution in [1.29, 1.82) is 0 Å². The zero-order valence-electron chi connectivity index (χ0n) is 9.24. The molecule has 0 unspecified atom stereocenters. The summed E-state index contributed by atoms with van der Waals surface area (Å²) in [5, 5.41) is 5.08. The number of amides is 1. The minimum Gasteiger partial charge on any atom is -0.375 e. The van der Waals surface area contributed by atoms with Crippen molar-refractivity contribution in [3.8, 4) is 0 Å². The molecule has 0 aliphatic heterocycles. The van der Waals surface area contributed by atoms with Gasteiger partial charge in [0.05, 0.1) is 0 Å². The van der Waals surface area contributed by atoms with Gasteiger partial charge in [-0.15, -0.1) is 11.3 Å². The van der Waals surface area contributed by atoms with Crippen LogP contribution in [-0.2, 0) is 0 Å². The molecule has 1 aliphatic carbocycles. The largest absolute Gasteiger partial charge is 0.375 e. The average Bonchev–Trinajstić information content (AvgIpc) is 2.74. The fourth-order valence-electron chi connectivity index (χ4n) is 2.11. The summed E-state index contributed by atoms with van der Waals surface area (Å²) in [5.74, 6) is 0.548. The first-order valence-corrected chi connectivity index (χ1v) is 6.63. The van der Waals surface area contributed by atoms with E-state index in [1.165, 1.54) is 43.4 Å². The number of carbonyl (C=O) groups excluding carboxylic acids is 1. The van der Waals surface area contributed by atoms with Crippen LogP contribution < -0.4 is 11.1 Å². The Morgan fingerprint density at radius 3 is 2.88 bits per heavy atom. The summed E-state index contributed by atoms with van der Waals surface area (Å²) >= 11 is 1.30. The predicted octanol–water partition coefficient (Wildman–Crippen LogP) is 2.04. The second-order valence-corrected chi connectivity index (χ2v) is 5.17. The Bertz CT molecular complexity index is 358. The van der Waals surface area contributed by atoms with Crippen LogP contribution in [0.3, 0.4) is 0 Å². The van der Waals surface area contributed by atoms with Gasteiger partial charge in [0.15, 0.2) is 5.13 Å². The lowest BCUT2D eigenvalue weighted by Crippen LogP contribution is -2.30.